The van der Waals surface area contributed by atoms with Crippen molar-refractivity contribution in [2.75, 3.05) is 25.1 Å². The molecule has 0 fully saturated rings. The van der Waals surface area contributed by atoms with Crippen LogP contribution >= 0.6 is 0 Å². The van der Waals surface area contributed by atoms with E-state index >= 15 is 0 Å². The molecule has 82 valence electrons. The van der Waals surface area contributed by atoms with Crippen LogP contribution < -0.4 is 10.8 Å². The van der Waals surface area contributed by atoms with E-state index < -0.39 is 7.12 Å². The average molecular weight is 210 g/mol. The Kier molecular flexibility index (Phi) is 5.10. The number of rotatable bonds is 6. The van der Waals surface area contributed by atoms with Gasteiger partial charge < -0.3 is 20.1 Å². The first-order valence-corrected chi connectivity index (χ1v) is 4.86. The van der Waals surface area contributed by atoms with Crippen molar-refractivity contribution in [3.63, 3.8) is 0 Å². The molecule has 0 saturated carbocycles. The average Bonchev–Trinajstić information content (AvgIpc) is 2.25. The fraction of sp³-hybridized carbons (Fsp3) is 0.444. The lowest BCUT2D eigenvalue weighted by atomic mass is 9.81. The maximum atomic E-state index is 8.92. The zero-order chi connectivity index (χ0) is 11.1. The predicted octanol–water partition coefficient (Wildman–Crippen LogP) is -0.790. The van der Waals surface area contributed by atoms with Crippen molar-refractivity contribution < 1.29 is 14.8 Å². The Hall–Kier alpha value is -1.11. The van der Waals surface area contributed by atoms with Crippen LogP contribution in [0, 0.1) is 0 Å². The molecule has 0 amide bonds. The number of hydrogen-bond acceptors (Lipinski definition) is 5. The van der Waals surface area contributed by atoms with Gasteiger partial charge in [-0.1, -0.05) is 0 Å². The zero-order valence-electron chi connectivity index (χ0n) is 8.68. The third-order valence-electron chi connectivity index (χ3n) is 1.84. The zero-order valence-corrected chi connectivity index (χ0v) is 8.68. The molecule has 0 unspecified atom stereocenters. The number of nitrogens with zero attached hydrogens (tertiary/aromatic N) is 1. The second-order valence-electron chi connectivity index (χ2n) is 3.00. The molecule has 1 aromatic rings. The van der Waals surface area contributed by atoms with Gasteiger partial charge in [-0.3, -0.25) is 4.98 Å². The van der Waals surface area contributed by atoms with Crippen molar-refractivity contribution in [1.29, 1.82) is 0 Å². The fourth-order valence-electron chi connectivity index (χ4n) is 1.11. The predicted molar refractivity (Wildman–Crippen MR) is 59.0 cm³/mol. The van der Waals surface area contributed by atoms with Crippen LogP contribution in [0.5, 0.6) is 0 Å². The molecular weight excluding hydrogens is 195 g/mol. The monoisotopic (exact) mass is 210 g/mol. The molecule has 3 N–H and O–H groups in total. The van der Waals surface area contributed by atoms with Crippen molar-refractivity contribution in [2.45, 2.75) is 6.92 Å². The highest BCUT2D eigenvalue weighted by Gasteiger charge is 2.11. The quantitative estimate of drug-likeness (QED) is 0.423. The van der Waals surface area contributed by atoms with Gasteiger partial charge in [-0.05, 0) is 13.0 Å². The molecule has 0 aliphatic rings. The molecule has 5 nitrogen and oxygen atoms in total. The molecule has 0 aromatic carbocycles. The molecule has 0 bridgehead atoms. The molecule has 0 aliphatic heterocycles. The number of pyridine rings is 1. The maximum Gasteiger partial charge on any atom is 0.490 e. The van der Waals surface area contributed by atoms with Gasteiger partial charge in [-0.25, -0.2) is 0 Å². The third kappa shape index (κ3) is 4.29. The molecule has 6 heteroatoms. The summed E-state index contributed by atoms with van der Waals surface area (Å²) in [6.07, 6.45) is 3.04. The summed E-state index contributed by atoms with van der Waals surface area (Å²) in [7, 11) is -1.48. The fourth-order valence-corrected chi connectivity index (χ4v) is 1.11. The van der Waals surface area contributed by atoms with Crippen molar-refractivity contribution in [2.24, 2.45) is 0 Å². The summed E-state index contributed by atoms with van der Waals surface area (Å²) in [4.78, 5) is 3.88. The SMILES string of the molecule is CCOCCNc1cncc(B(O)O)c1. The Balaban J connectivity index is 2.43. The highest BCUT2D eigenvalue weighted by molar-refractivity contribution is 6.58. The van der Waals surface area contributed by atoms with Crippen molar-refractivity contribution >= 4 is 18.3 Å². The molecule has 15 heavy (non-hydrogen) atoms. The van der Waals surface area contributed by atoms with E-state index in [2.05, 4.69) is 10.3 Å². The van der Waals surface area contributed by atoms with Crippen LogP contribution in [-0.4, -0.2) is 41.9 Å². The van der Waals surface area contributed by atoms with Crippen LogP contribution in [0.4, 0.5) is 5.69 Å². The number of aromatic nitrogens is 1. The van der Waals surface area contributed by atoms with Crippen molar-refractivity contribution in [3.05, 3.63) is 18.5 Å². The van der Waals surface area contributed by atoms with Gasteiger partial charge in [0.15, 0.2) is 0 Å². The Morgan fingerprint density at radius 2 is 2.27 bits per heavy atom. The first-order valence-electron chi connectivity index (χ1n) is 4.86. The number of hydrogen-bond donors (Lipinski definition) is 3. The van der Waals surface area contributed by atoms with Crippen molar-refractivity contribution in [1.82, 2.24) is 4.98 Å². The van der Waals surface area contributed by atoms with E-state index in [4.69, 9.17) is 14.8 Å². The van der Waals surface area contributed by atoms with Crippen LogP contribution in [0.3, 0.4) is 0 Å². The van der Waals surface area contributed by atoms with Gasteiger partial charge in [0.1, 0.15) is 0 Å². The standard InChI is InChI=1S/C9H15BN2O3/c1-2-15-4-3-12-9-5-8(10(13)14)6-11-7-9/h5-7,12-14H,2-4H2,1H3. The minimum atomic E-state index is -1.48. The van der Waals surface area contributed by atoms with Crippen LogP contribution in [-0.2, 0) is 4.74 Å². The largest absolute Gasteiger partial charge is 0.490 e. The molecule has 0 aliphatic carbocycles. The molecule has 0 spiro atoms. The summed E-state index contributed by atoms with van der Waals surface area (Å²) in [6.45, 7) is 3.91. The van der Waals surface area contributed by atoms with Gasteiger partial charge in [0, 0.05) is 31.0 Å². The van der Waals surface area contributed by atoms with E-state index in [1.54, 1.807) is 12.3 Å². The molecule has 1 heterocycles. The maximum absolute atomic E-state index is 8.92. The lowest BCUT2D eigenvalue weighted by Crippen LogP contribution is -2.30. The Labute approximate surface area is 89.3 Å². The molecular formula is C9H15BN2O3. The van der Waals surface area contributed by atoms with Crippen LogP contribution in [0.1, 0.15) is 6.92 Å². The third-order valence-corrected chi connectivity index (χ3v) is 1.84. The number of ether oxygens (including phenoxy) is 1. The van der Waals surface area contributed by atoms with E-state index in [1.807, 2.05) is 6.92 Å². The smallest absolute Gasteiger partial charge is 0.423 e. The van der Waals surface area contributed by atoms with Gasteiger partial charge in [-0.2, -0.15) is 0 Å². The highest BCUT2D eigenvalue weighted by atomic mass is 16.5. The Bertz CT molecular complexity index is 296. The van der Waals surface area contributed by atoms with Gasteiger partial charge in [0.25, 0.3) is 0 Å². The molecule has 0 saturated heterocycles. The summed E-state index contributed by atoms with van der Waals surface area (Å²) >= 11 is 0. The summed E-state index contributed by atoms with van der Waals surface area (Å²) < 4.78 is 5.15. The van der Waals surface area contributed by atoms with Gasteiger partial charge in [0.05, 0.1) is 12.3 Å². The van der Waals surface area contributed by atoms with Crippen LogP contribution in [0.2, 0.25) is 0 Å². The van der Waals surface area contributed by atoms with E-state index in [9.17, 15) is 0 Å². The van der Waals surface area contributed by atoms with E-state index in [1.165, 1.54) is 6.20 Å². The minimum Gasteiger partial charge on any atom is -0.423 e. The Morgan fingerprint density at radius 3 is 2.93 bits per heavy atom. The van der Waals surface area contributed by atoms with Crippen molar-refractivity contribution in [3.8, 4) is 0 Å². The molecule has 0 atom stereocenters. The van der Waals surface area contributed by atoms with Gasteiger partial charge in [-0.15, -0.1) is 0 Å². The van der Waals surface area contributed by atoms with Gasteiger partial charge >= 0.3 is 7.12 Å². The molecule has 0 radical (unpaired) electrons. The minimum absolute atomic E-state index is 0.372. The molecule has 1 aromatic heterocycles. The topological polar surface area (TPSA) is 74.6 Å². The van der Waals surface area contributed by atoms with E-state index in [0.717, 1.165) is 5.69 Å². The second-order valence-corrected chi connectivity index (χ2v) is 3.00. The lowest BCUT2D eigenvalue weighted by molar-refractivity contribution is 0.158. The normalized spacial score (nSPS) is 10.1. The number of anilines is 1. The highest BCUT2D eigenvalue weighted by Crippen LogP contribution is 2.00. The summed E-state index contributed by atoms with van der Waals surface area (Å²) in [5, 5.41) is 20.9. The number of nitrogens with one attached hydrogen (secondary N) is 1. The van der Waals surface area contributed by atoms with Crippen LogP contribution in [0.25, 0.3) is 0 Å². The van der Waals surface area contributed by atoms with Gasteiger partial charge in [0.2, 0.25) is 0 Å². The summed E-state index contributed by atoms with van der Waals surface area (Å²) in [6, 6.07) is 1.64. The molecule has 1 rings (SSSR count). The summed E-state index contributed by atoms with van der Waals surface area (Å²) in [5.41, 5.74) is 1.12. The van der Waals surface area contributed by atoms with E-state index in [0.29, 0.717) is 25.2 Å². The summed E-state index contributed by atoms with van der Waals surface area (Å²) in [5.74, 6) is 0. The van der Waals surface area contributed by atoms with Crippen LogP contribution in [0.15, 0.2) is 18.5 Å². The lowest BCUT2D eigenvalue weighted by Gasteiger charge is -2.07. The first kappa shape index (κ1) is 12.0. The Morgan fingerprint density at radius 1 is 1.47 bits per heavy atom. The first-order chi connectivity index (χ1) is 7.24. The second kappa shape index (κ2) is 6.39. The van der Waals surface area contributed by atoms with E-state index in [-0.39, 0.29) is 0 Å².